The molecule has 8 nitrogen and oxygen atoms in total. The number of nitrogens with one attached hydrogen (secondary N) is 2. The summed E-state index contributed by atoms with van der Waals surface area (Å²) in [6.07, 6.45) is 1.33. The van der Waals surface area contributed by atoms with E-state index in [2.05, 4.69) is 26.6 Å². The van der Waals surface area contributed by atoms with Crippen molar-refractivity contribution in [3.05, 3.63) is 40.8 Å². The van der Waals surface area contributed by atoms with Crippen LogP contribution in [0.15, 0.2) is 39.4 Å². The zero-order valence-electron chi connectivity index (χ0n) is 14.6. The van der Waals surface area contributed by atoms with Gasteiger partial charge in [-0.2, -0.15) is 0 Å². The number of carbonyl (C=O) groups is 3. The molecule has 0 saturated carbocycles. The number of furan rings is 1. The summed E-state index contributed by atoms with van der Waals surface area (Å²) in [5.41, 5.74) is 1.18. The molecule has 1 aromatic heterocycles. The molecule has 0 atom stereocenters. The lowest BCUT2D eigenvalue weighted by Crippen LogP contribution is -2.32. The summed E-state index contributed by atoms with van der Waals surface area (Å²) in [5.74, 6) is -0.238. The van der Waals surface area contributed by atoms with Gasteiger partial charge in [-0.3, -0.25) is 14.4 Å². The van der Waals surface area contributed by atoms with Crippen molar-refractivity contribution in [1.29, 1.82) is 0 Å². The molecule has 27 heavy (non-hydrogen) atoms. The van der Waals surface area contributed by atoms with E-state index in [1.165, 1.54) is 13.2 Å². The Hall–Kier alpha value is -2.81. The quantitative estimate of drug-likeness (QED) is 0.725. The molecule has 9 heteroatoms. The van der Waals surface area contributed by atoms with Crippen LogP contribution >= 0.6 is 15.9 Å². The minimum Gasteiger partial charge on any atom is -0.494 e. The van der Waals surface area contributed by atoms with Crippen molar-refractivity contribution in [1.82, 2.24) is 5.32 Å². The first-order valence-corrected chi connectivity index (χ1v) is 9.09. The molecule has 142 valence electrons. The second-order valence-electron chi connectivity index (χ2n) is 5.87. The van der Waals surface area contributed by atoms with E-state index in [4.69, 9.17) is 9.15 Å². The Morgan fingerprint density at radius 2 is 2.11 bits per heavy atom. The van der Waals surface area contributed by atoms with Gasteiger partial charge in [-0.25, -0.2) is 0 Å². The highest BCUT2D eigenvalue weighted by Gasteiger charge is 2.24. The number of benzene rings is 1. The van der Waals surface area contributed by atoms with Gasteiger partial charge in [0.15, 0.2) is 10.4 Å². The third-order valence-electron chi connectivity index (χ3n) is 4.03. The fraction of sp³-hybridized carbons (Fsp3) is 0.278. The summed E-state index contributed by atoms with van der Waals surface area (Å²) in [6, 6.07) is 8.15. The molecule has 0 bridgehead atoms. The van der Waals surface area contributed by atoms with E-state index in [0.717, 1.165) is 6.42 Å². The van der Waals surface area contributed by atoms with Crippen LogP contribution in [0.3, 0.4) is 0 Å². The van der Waals surface area contributed by atoms with Gasteiger partial charge in [-0.15, -0.1) is 0 Å². The lowest BCUT2D eigenvalue weighted by molar-refractivity contribution is -0.117. The molecule has 2 aromatic rings. The van der Waals surface area contributed by atoms with Gasteiger partial charge in [0.25, 0.3) is 5.91 Å². The topological polar surface area (TPSA) is 101 Å². The van der Waals surface area contributed by atoms with E-state index < -0.39 is 11.8 Å². The molecule has 2 heterocycles. The second-order valence-corrected chi connectivity index (χ2v) is 6.65. The number of nitrogens with zero attached hydrogens (tertiary/aromatic N) is 1. The highest BCUT2D eigenvalue weighted by molar-refractivity contribution is 9.10. The van der Waals surface area contributed by atoms with Crippen LogP contribution in [0.4, 0.5) is 11.4 Å². The van der Waals surface area contributed by atoms with Crippen molar-refractivity contribution in [3.63, 3.8) is 0 Å². The Morgan fingerprint density at radius 3 is 2.74 bits per heavy atom. The van der Waals surface area contributed by atoms with E-state index in [0.29, 0.717) is 34.8 Å². The fourth-order valence-electron chi connectivity index (χ4n) is 2.77. The fourth-order valence-corrected chi connectivity index (χ4v) is 3.08. The van der Waals surface area contributed by atoms with E-state index in [-0.39, 0.29) is 18.2 Å². The monoisotopic (exact) mass is 435 g/mol. The largest absolute Gasteiger partial charge is 0.494 e. The zero-order valence-corrected chi connectivity index (χ0v) is 16.2. The van der Waals surface area contributed by atoms with Crippen molar-refractivity contribution in [2.24, 2.45) is 0 Å². The molecule has 0 unspecified atom stereocenters. The van der Waals surface area contributed by atoms with Gasteiger partial charge < -0.3 is 24.7 Å². The third-order valence-corrected chi connectivity index (χ3v) is 4.46. The SMILES string of the molecule is COc1cc(NC(=O)CNC(=O)c2ccc(Br)o2)ccc1N1CCCC1=O. The minimum atomic E-state index is -0.490. The van der Waals surface area contributed by atoms with Gasteiger partial charge in [-0.05, 0) is 46.6 Å². The van der Waals surface area contributed by atoms with Gasteiger partial charge in [0.2, 0.25) is 11.8 Å². The van der Waals surface area contributed by atoms with Gasteiger partial charge in [-0.1, -0.05) is 0 Å². The van der Waals surface area contributed by atoms with Crippen LogP contribution in [0, 0.1) is 0 Å². The highest BCUT2D eigenvalue weighted by Crippen LogP contribution is 2.33. The third kappa shape index (κ3) is 4.48. The number of carbonyl (C=O) groups excluding carboxylic acids is 3. The van der Waals surface area contributed by atoms with Gasteiger partial charge in [0.1, 0.15) is 5.75 Å². The summed E-state index contributed by atoms with van der Waals surface area (Å²) in [4.78, 5) is 37.5. The summed E-state index contributed by atoms with van der Waals surface area (Å²) < 4.78 is 10.9. The predicted octanol–water partition coefficient (Wildman–Crippen LogP) is 2.55. The van der Waals surface area contributed by atoms with Crippen LogP contribution in [0.25, 0.3) is 0 Å². The second kappa shape index (κ2) is 8.26. The first-order chi connectivity index (χ1) is 13.0. The zero-order chi connectivity index (χ0) is 19.4. The normalized spacial score (nSPS) is 13.6. The molecule has 1 aromatic carbocycles. The Balaban J connectivity index is 1.60. The summed E-state index contributed by atoms with van der Waals surface area (Å²) in [5, 5.41) is 5.15. The molecule has 0 radical (unpaired) electrons. The molecule has 1 saturated heterocycles. The van der Waals surface area contributed by atoms with Crippen molar-refractivity contribution in [2.75, 3.05) is 30.4 Å². The smallest absolute Gasteiger partial charge is 0.287 e. The first-order valence-electron chi connectivity index (χ1n) is 8.29. The molecular formula is C18H18BrN3O5. The van der Waals surface area contributed by atoms with E-state index in [9.17, 15) is 14.4 Å². The Morgan fingerprint density at radius 1 is 1.30 bits per heavy atom. The number of hydrogen-bond acceptors (Lipinski definition) is 5. The van der Waals surface area contributed by atoms with E-state index in [1.54, 1.807) is 29.2 Å². The molecule has 0 aliphatic carbocycles. The van der Waals surface area contributed by atoms with Gasteiger partial charge >= 0.3 is 0 Å². The molecule has 3 rings (SSSR count). The molecule has 2 N–H and O–H groups in total. The van der Waals surface area contributed by atoms with Crippen LogP contribution in [-0.2, 0) is 9.59 Å². The molecule has 1 fully saturated rings. The van der Waals surface area contributed by atoms with Crippen LogP contribution in [0.5, 0.6) is 5.75 Å². The van der Waals surface area contributed by atoms with Crippen molar-refractivity contribution in [2.45, 2.75) is 12.8 Å². The maximum atomic E-state index is 12.1. The van der Waals surface area contributed by atoms with Crippen molar-refractivity contribution < 1.29 is 23.5 Å². The molecule has 3 amide bonds. The van der Waals surface area contributed by atoms with E-state index >= 15 is 0 Å². The summed E-state index contributed by atoms with van der Waals surface area (Å²) >= 11 is 3.11. The number of halogens is 1. The van der Waals surface area contributed by atoms with Crippen LogP contribution in [0.1, 0.15) is 23.4 Å². The maximum Gasteiger partial charge on any atom is 0.287 e. The molecule has 0 spiro atoms. The average molecular weight is 436 g/mol. The summed E-state index contributed by atoms with van der Waals surface area (Å²) in [6.45, 7) is 0.432. The van der Waals surface area contributed by atoms with Gasteiger partial charge in [0, 0.05) is 24.7 Å². The van der Waals surface area contributed by atoms with Crippen LogP contribution in [-0.4, -0.2) is 37.9 Å². The van der Waals surface area contributed by atoms with Crippen LogP contribution < -0.4 is 20.3 Å². The number of ether oxygens (including phenoxy) is 1. The van der Waals surface area contributed by atoms with Crippen LogP contribution in [0.2, 0.25) is 0 Å². The van der Waals surface area contributed by atoms with Crippen molar-refractivity contribution in [3.8, 4) is 5.75 Å². The number of hydrogen-bond donors (Lipinski definition) is 2. The Bertz CT molecular complexity index is 880. The minimum absolute atomic E-state index is 0.0531. The van der Waals surface area contributed by atoms with Gasteiger partial charge in [0.05, 0.1) is 19.3 Å². The van der Waals surface area contributed by atoms with Crippen molar-refractivity contribution >= 4 is 45.0 Å². The Labute approximate surface area is 164 Å². The highest BCUT2D eigenvalue weighted by atomic mass is 79.9. The Kier molecular flexibility index (Phi) is 5.80. The molecule has 1 aliphatic rings. The first kappa shape index (κ1) is 19.0. The lowest BCUT2D eigenvalue weighted by Gasteiger charge is -2.19. The number of rotatable bonds is 6. The average Bonchev–Trinajstić information content (AvgIpc) is 3.28. The lowest BCUT2D eigenvalue weighted by atomic mass is 10.2. The number of methoxy groups -OCH3 is 1. The van der Waals surface area contributed by atoms with E-state index in [1.807, 2.05) is 0 Å². The molecule has 1 aliphatic heterocycles. The predicted molar refractivity (Wildman–Crippen MR) is 102 cm³/mol. The number of anilines is 2. The number of amides is 3. The maximum absolute atomic E-state index is 12.1. The summed E-state index contributed by atoms with van der Waals surface area (Å²) in [7, 11) is 1.51. The standard InChI is InChI=1S/C18H18BrN3O5/c1-26-14-9-11(4-5-12(14)22-8-2-3-17(22)24)21-16(23)10-20-18(25)13-6-7-15(19)27-13/h4-7,9H,2-3,8,10H2,1H3,(H,20,25)(H,21,23). The molecular weight excluding hydrogens is 418 g/mol.